The van der Waals surface area contributed by atoms with E-state index in [-0.39, 0.29) is 22.6 Å². The maximum Gasteiger partial charge on any atom is 0.255 e. The Morgan fingerprint density at radius 2 is 1.96 bits per heavy atom. The Balaban J connectivity index is 2.07. The number of aryl methyl sites for hydroxylation is 1. The SMILES string of the molecule is Cc1c(Nc2ccc(Br)cc2F)c(NS(=O)(=O)C2CC2)cn(C)c1=O. The molecule has 2 aromatic rings. The number of benzene rings is 1. The molecular weight excluding hydrogens is 413 g/mol. The number of halogens is 2. The minimum Gasteiger partial charge on any atom is -0.351 e. The molecule has 1 fully saturated rings. The standard InChI is InChI=1S/C16H17BrFN3O3S/c1-9-15(19-13-6-3-10(17)7-12(13)18)14(8-21(2)16(9)22)20-25(23,24)11-4-5-11/h3,6-8,11,19-20H,4-5H2,1-2H3. The van der Waals surface area contributed by atoms with Crippen LogP contribution in [0.2, 0.25) is 0 Å². The molecule has 1 saturated carbocycles. The topological polar surface area (TPSA) is 80.2 Å². The Hall–Kier alpha value is -1.87. The lowest BCUT2D eigenvalue weighted by Gasteiger charge is -2.18. The van der Waals surface area contributed by atoms with Crippen molar-refractivity contribution in [2.75, 3.05) is 10.0 Å². The van der Waals surface area contributed by atoms with Crippen molar-refractivity contribution in [1.82, 2.24) is 4.57 Å². The summed E-state index contributed by atoms with van der Waals surface area (Å²) in [6.07, 6.45) is 2.63. The molecule has 0 bridgehead atoms. The second kappa shape index (κ2) is 6.45. The average Bonchev–Trinajstić information content (AvgIpc) is 3.36. The molecule has 0 spiro atoms. The second-order valence-electron chi connectivity index (χ2n) is 6.05. The smallest absolute Gasteiger partial charge is 0.255 e. The molecule has 1 aromatic heterocycles. The van der Waals surface area contributed by atoms with Gasteiger partial charge in [0.1, 0.15) is 5.82 Å². The Morgan fingerprint density at radius 3 is 2.56 bits per heavy atom. The van der Waals surface area contributed by atoms with Gasteiger partial charge in [-0.2, -0.15) is 0 Å². The molecule has 1 aliphatic carbocycles. The normalized spacial score (nSPS) is 14.4. The number of aromatic nitrogens is 1. The van der Waals surface area contributed by atoms with Gasteiger partial charge in [-0.25, -0.2) is 12.8 Å². The monoisotopic (exact) mass is 429 g/mol. The van der Waals surface area contributed by atoms with Crippen LogP contribution < -0.4 is 15.6 Å². The van der Waals surface area contributed by atoms with Gasteiger partial charge in [0.05, 0.1) is 22.3 Å². The highest BCUT2D eigenvalue weighted by atomic mass is 79.9. The number of pyridine rings is 1. The first-order valence-electron chi connectivity index (χ1n) is 7.63. The third kappa shape index (κ3) is 3.72. The molecule has 0 atom stereocenters. The fourth-order valence-corrected chi connectivity index (χ4v) is 4.19. The van der Waals surface area contributed by atoms with Crippen LogP contribution in [0.5, 0.6) is 0 Å². The maximum absolute atomic E-state index is 14.1. The maximum atomic E-state index is 14.1. The summed E-state index contributed by atoms with van der Waals surface area (Å²) in [6, 6.07) is 4.44. The molecule has 134 valence electrons. The molecule has 0 radical (unpaired) electrons. The van der Waals surface area contributed by atoms with Gasteiger partial charge in [-0.15, -0.1) is 0 Å². The van der Waals surface area contributed by atoms with Gasteiger partial charge in [0.15, 0.2) is 0 Å². The number of hydrogen-bond acceptors (Lipinski definition) is 4. The Kier molecular flexibility index (Phi) is 4.63. The fraction of sp³-hybridized carbons (Fsp3) is 0.312. The largest absolute Gasteiger partial charge is 0.351 e. The van der Waals surface area contributed by atoms with Crippen molar-refractivity contribution in [3.8, 4) is 0 Å². The third-order valence-corrected chi connectivity index (χ3v) is 6.36. The lowest BCUT2D eigenvalue weighted by Crippen LogP contribution is -2.24. The van der Waals surface area contributed by atoms with Crippen molar-refractivity contribution in [2.24, 2.45) is 7.05 Å². The van der Waals surface area contributed by atoms with Gasteiger partial charge < -0.3 is 9.88 Å². The highest BCUT2D eigenvalue weighted by Crippen LogP contribution is 2.34. The summed E-state index contributed by atoms with van der Waals surface area (Å²) in [6.45, 7) is 1.57. The van der Waals surface area contributed by atoms with Crippen LogP contribution in [-0.2, 0) is 17.1 Å². The van der Waals surface area contributed by atoms with Crippen molar-refractivity contribution in [2.45, 2.75) is 25.0 Å². The van der Waals surface area contributed by atoms with Crippen molar-refractivity contribution >= 4 is 43.0 Å². The minimum atomic E-state index is -3.52. The number of nitrogens with zero attached hydrogens (tertiary/aromatic N) is 1. The average molecular weight is 430 g/mol. The Labute approximate surface area is 153 Å². The number of nitrogens with one attached hydrogen (secondary N) is 2. The molecule has 1 heterocycles. The van der Waals surface area contributed by atoms with Crippen molar-refractivity contribution < 1.29 is 12.8 Å². The van der Waals surface area contributed by atoms with E-state index in [2.05, 4.69) is 26.0 Å². The van der Waals surface area contributed by atoms with E-state index in [0.29, 0.717) is 22.9 Å². The van der Waals surface area contributed by atoms with Crippen LogP contribution in [0.3, 0.4) is 0 Å². The van der Waals surface area contributed by atoms with Crippen molar-refractivity contribution in [3.05, 3.63) is 50.6 Å². The van der Waals surface area contributed by atoms with Gasteiger partial charge in [-0.05, 0) is 38.0 Å². The van der Waals surface area contributed by atoms with Gasteiger partial charge in [0.2, 0.25) is 10.0 Å². The molecular formula is C16H17BrFN3O3S. The van der Waals surface area contributed by atoms with Crippen LogP contribution in [0.4, 0.5) is 21.5 Å². The highest BCUT2D eigenvalue weighted by molar-refractivity contribution is 9.10. The number of sulfonamides is 1. The van der Waals surface area contributed by atoms with E-state index < -0.39 is 21.1 Å². The Morgan fingerprint density at radius 1 is 1.28 bits per heavy atom. The summed E-state index contributed by atoms with van der Waals surface area (Å²) in [5.74, 6) is -0.523. The summed E-state index contributed by atoms with van der Waals surface area (Å²) >= 11 is 3.18. The molecule has 0 aliphatic heterocycles. The number of hydrogen-bond donors (Lipinski definition) is 2. The first kappa shape index (κ1) is 17.9. The van der Waals surface area contributed by atoms with Crippen LogP contribution in [0.1, 0.15) is 18.4 Å². The molecule has 6 nitrogen and oxygen atoms in total. The molecule has 0 amide bonds. The van der Waals surface area contributed by atoms with Gasteiger partial charge in [0, 0.05) is 23.3 Å². The van der Waals surface area contributed by atoms with Gasteiger partial charge in [-0.3, -0.25) is 9.52 Å². The first-order chi connectivity index (χ1) is 11.7. The minimum absolute atomic E-state index is 0.145. The highest BCUT2D eigenvalue weighted by Gasteiger charge is 2.36. The Bertz CT molecular complexity index is 1000. The molecule has 3 rings (SSSR count). The quantitative estimate of drug-likeness (QED) is 0.764. The van der Waals surface area contributed by atoms with Crippen LogP contribution in [0.15, 0.2) is 33.7 Å². The zero-order valence-electron chi connectivity index (χ0n) is 13.6. The summed E-state index contributed by atoms with van der Waals surface area (Å²) in [7, 11) is -1.99. The summed E-state index contributed by atoms with van der Waals surface area (Å²) in [5, 5.41) is 2.44. The summed E-state index contributed by atoms with van der Waals surface area (Å²) < 4.78 is 43.1. The summed E-state index contributed by atoms with van der Waals surface area (Å²) in [4.78, 5) is 12.2. The van der Waals surface area contributed by atoms with Gasteiger partial charge in [-0.1, -0.05) is 15.9 Å². The lowest BCUT2D eigenvalue weighted by atomic mass is 10.2. The number of anilines is 3. The van der Waals surface area contributed by atoms with Gasteiger partial charge in [0.25, 0.3) is 5.56 Å². The third-order valence-electron chi connectivity index (χ3n) is 4.01. The molecule has 1 aliphatic rings. The molecule has 2 N–H and O–H groups in total. The van der Waals surface area contributed by atoms with E-state index >= 15 is 0 Å². The van der Waals surface area contributed by atoms with Crippen LogP contribution >= 0.6 is 15.9 Å². The first-order valence-corrected chi connectivity index (χ1v) is 9.97. The molecule has 0 unspecified atom stereocenters. The predicted molar refractivity (Wildman–Crippen MR) is 99.4 cm³/mol. The van der Waals surface area contributed by atoms with E-state index in [1.165, 1.54) is 29.9 Å². The van der Waals surface area contributed by atoms with Crippen molar-refractivity contribution in [1.29, 1.82) is 0 Å². The fourth-order valence-electron chi connectivity index (χ4n) is 2.47. The van der Waals surface area contributed by atoms with E-state index in [1.807, 2.05) is 0 Å². The molecule has 0 saturated heterocycles. The predicted octanol–water partition coefficient (Wildman–Crippen LogP) is 3.24. The second-order valence-corrected chi connectivity index (χ2v) is 8.93. The zero-order chi connectivity index (χ0) is 18.4. The molecule has 25 heavy (non-hydrogen) atoms. The lowest BCUT2D eigenvalue weighted by molar-refractivity contribution is 0.600. The van der Waals surface area contributed by atoms with E-state index in [0.717, 1.165) is 0 Å². The van der Waals surface area contributed by atoms with E-state index in [1.54, 1.807) is 13.0 Å². The van der Waals surface area contributed by atoms with Crippen LogP contribution in [-0.4, -0.2) is 18.2 Å². The van der Waals surface area contributed by atoms with Crippen LogP contribution in [0.25, 0.3) is 0 Å². The van der Waals surface area contributed by atoms with Crippen molar-refractivity contribution in [3.63, 3.8) is 0 Å². The molecule has 9 heteroatoms. The zero-order valence-corrected chi connectivity index (χ0v) is 16.0. The molecule has 1 aromatic carbocycles. The summed E-state index contributed by atoms with van der Waals surface area (Å²) in [5.41, 5.74) is 0.601. The van der Waals surface area contributed by atoms with Crippen LogP contribution in [0, 0.1) is 12.7 Å². The van der Waals surface area contributed by atoms with E-state index in [9.17, 15) is 17.6 Å². The van der Waals surface area contributed by atoms with Gasteiger partial charge >= 0.3 is 0 Å². The number of rotatable bonds is 5. The van der Waals surface area contributed by atoms with E-state index in [4.69, 9.17) is 0 Å².